The first-order valence-corrected chi connectivity index (χ1v) is 5.03. The van der Waals surface area contributed by atoms with Crippen molar-refractivity contribution in [1.82, 2.24) is 0 Å². The van der Waals surface area contributed by atoms with Crippen molar-refractivity contribution in [1.29, 1.82) is 0 Å². The van der Waals surface area contributed by atoms with Crippen LogP contribution in [0.2, 0.25) is 0 Å². The molecule has 0 saturated heterocycles. The van der Waals surface area contributed by atoms with E-state index in [1.54, 1.807) is 0 Å². The number of allylic oxidation sites excluding steroid dienone is 4. The van der Waals surface area contributed by atoms with Crippen molar-refractivity contribution in [3.05, 3.63) is 22.8 Å². The first-order chi connectivity index (χ1) is 6.11. The number of Topliss-reactive ketones (excluding diaryl/α,β-unsaturated/α-hetero) is 1. The van der Waals surface area contributed by atoms with Gasteiger partial charge >= 0.3 is 0 Å². The van der Waals surface area contributed by atoms with Crippen molar-refractivity contribution in [3.63, 3.8) is 0 Å². The van der Waals surface area contributed by atoms with Crippen molar-refractivity contribution in [2.24, 2.45) is 5.92 Å². The molecular weight excluding hydrogens is 160 g/mol. The molecule has 1 nitrogen and oxygen atoms in total. The van der Waals surface area contributed by atoms with Crippen LogP contribution in [0.3, 0.4) is 0 Å². The molecule has 13 heavy (non-hydrogen) atoms. The Morgan fingerprint density at radius 2 is 2.00 bits per heavy atom. The predicted molar refractivity (Wildman–Crippen MR) is 55.5 cm³/mol. The van der Waals surface area contributed by atoms with Crippen LogP contribution in [0.25, 0.3) is 0 Å². The minimum atomic E-state index is 0.176. The van der Waals surface area contributed by atoms with Crippen LogP contribution in [0.1, 0.15) is 40.5 Å². The van der Waals surface area contributed by atoms with Crippen LogP contribution in [0, 0.1) is 5.92 Å². The average Bonchev–Trinajstić information content (AvgIpc) is 2.41. The van der Waals surface area contributed by atoms with Crippen molar-refractivity contribution < 1.29 is 4.79 Å². The molecule has 1 aliphatic rings. The van der Waals surface area contributed by atoms with E-state index in [1.165, 1.54) is 5.57 Å². The molecule has 0 heterocycles. The Hall–Kier alpha value is -0.850. The van der Waals surface area contributed by atoms with Crippen molar-refractivity contribution >= 4 is 5.78 Å². The third kappa shape index (κ3) is 1.74. The molecule has 0 aromatic heterocycles. The van der Waals surface area contributed by atoms with Gasteiger partial charge in [0.2, 0.25) is 0 Å². The lowest BCUT2D eigenvalue weighted by molar-refractivity contribution is -0.117. The largest absolute Gasteiger partial charge is 0.294 e. The lowest BCUT2D eigenvalue weighted by Crippen LogP contribution is -2.10. The summed E-state index contributed by atoms with van der Waals surface area (Å²) in [4.78, 5) is 11.8. The van der Waals surface area contributed by atoms with E-state index in [4.69, 9.17) is 0 Å². The van der Waals surface area contributed by atoms with Gasteiger partial charge in [0.15, 0.2) is 5.78 Å². The molecule has 72 valence electrons. The second-order valence-electron chi connectivity index (χ2n) is 3.81. The molecule has 0 aromatic carbocycles. The van der Waals surface area contributed by atoms with Crippen LogP contribution in [0.4, 0.5) is 0 Å². The van der Waals surface area contributed by atoms with E-state index in [2.05, 4.69) is 19.9 Å². The van der Waals surface area contributed by atoms with Gasteiger partial charge in [-0.1, -0.05) is 31.1 Å². The maximum absolute atomic E-state index is 11.8. The predicted octanol–water partition coefficient (Wildman–Crippen LogP) is 3.27. The second kappa shape index (κ2) is 3.91. The Morgan fingerprint density at radius 1 is 1.38 bits per heavy atom. The normalized spacial score (nSPS) is 22.2. The molecule has 0 fully saturated rings. The van der Waals surface area contributed by atoms with Gasteiger partial charge in [-0.15, -0.1) is 0 Å². The van der Waals surface area contributed by atoms with Crippen LogP contribution in [-0.4, -0.2) is 5.78 Å². The van der Waals surface area contributed by atoms with Gasteiger partial charge in [0.1, 0.15) is 0 Å². The highest BCUT2D eigenvalue weighted by atomic mass is 16.1. The summed E-state index contributed by atoms with van der Waals surface area (Å²) in [6, 6.07) is 0. The molecule has 0 bridgehead atoms. The molecule has 0 N–H and O–H groups in total. The summed E-state index contributed by atoms with van der Waals surface area (Å²) in [5, 5.41) is 0. The Kier molecular flexibility index (Phi) is 3.07. The van der Waals surface area contributed by atoms with E-state index in [-0.39, 0.29) is 5.92 Å². The molecule has 1 heteroatoms. The SMILES string of the molecule is CCC1=CC(=C(C)C)C(=O)C1CC. The van der Waals surface area contributed by atoms with E-state index in [0.29, 0.717) is 5.78 Å². The zero-order chi connectivity index (χ0) is 10.0. The molecule has 0 aromatic rings. The van der Waals surface area contributed by atoms with E-state index in [0.717, 1.165) is 24.0 Å². The van der Waals surface area contributed by atoms with Crippen molar-refractivity contribution in [3.8, 4) is 0 Å². The number of hydrogen-bond donors (Lipinski definition) is 0. The first-order valence-electron chi connectivity index (χ1n) is 5.03. The first kappa shape index (κ1) is 10.2. The summed E-state index contributed by atoms with van der Waals surface area (Å²) in [7, 11) is 0. The minimum Gasteiger partial charge on any atom is -0.294 e. The molecule has 0 aliphatic heterocycles. The summed E-state index contributed by atoms with van der Waals surface area (Å²) in [5.41, 5.74) is 3.40. The summed E-state index contributed by atoms with van der Waals surface area (Å²) < 4.78 is 0. The molecule has 1 unspecified atom stereocenters. The number of hydrogen-bond acceptors (Lipinski definition) is 1. The standard InChI is InChI=1S/C12H18O/c1-5-9-7-11(8(3)4)12(13)10(9)6-2/h7,10H,5-6H2,1-4H3. The Bertz CT molecular complexity index is 277. The number of ketones is 1. The fourth-order valence-corrected chi connectivity index (χ4v) is 1.90. The highest BCUT2D eigenvalue weighted by Gasteiger charge is 2.28. The smallest absolute Gasteiger partial charge is 0.169 e. The van der Waals surface area contributed by atoms with Gasteiger partial charge < -0.3 is 0 Å². The zero-order valence-electron chi connectivity index (χ0n) is 8.98. The molecule has 0 saturated carbocycles. The Labute approximate surface area is 80.5 Å². The third-order valence-corrected chi connectivity index (χ3v) is 2.71. The van der Waals surface area contributed by atoms with Gasteiger partial charge in [0, 0.05) is 11.5 Å². The highest BCUT2D eigenvalue weighted by molar-refractivity contribution is 6.05. The second-order valence-corrected chi connectivity index (χ2v) is 3.81. The number of carbonyl (C=O) groups is 1. The maximum atomic E-state index is 11.8. The highest BCUT2D eigenvalue weighted by Crippen LogP contribution is 2.32. The van der Waals surface area contributed by atoms with E-state index >= 15 is 0 Å². The Balaban J connectivity index is 3.05. The molecule has 0 spiro atoms. The van der Waals surface area contributed by atoms with Gasteiger partial charge in [-0.2, -0.15) is 0 Å². The monoisotopic (exact) mass is 178 g/mol. The fraction of sp³-hybridized carbons (Fsp3) is 0.583. The quantitative estimate of drug-likeness (QED) is 0.593. The van der Waals surface area contributed by atoms with Crippen LogP contribution in [0.15, 0.2) is 22.8 Å². The topological polar surface area (TPSA) is 17.1 Å². The molecular formula is C12H18O. The fourth-order valence-electron chi connectivity index (χ4n) is 1.90. The van der Waals surface area contributed by atoms with Crippen LogP contribution in [-0.2, 0) is 4.79 Å². The van der Waals surface area contributed by atoms with Crippen molar-refractivity contribution in [2.45, 2.75) is 40.5 Å². The van der Waals surface area contributed by atoms with Crippen LogP contribution in [0.5, 0.6) is 0 Å². The van der Waals surface area contributed by atoms with Crippen LogP contribution >= 0.6 is 0 Å². The van der Waals surface area contributed by atoms with E-state index in [1.807, 2.05) is 13.8 Å². The van der Waals surface area contributed by atoms with Crippen molar-refractivity contribution in [2.75, 3.05) is 0 Å². The number of rotatable bonds is 2. The lowest BCUT2D eigenvalue weighted by Gasteiger charge is -2.08. The molecule has 1 rings (SSSR count). The number of carbonyl (C=O) groups excluding carboxylic acids is 1. The molecule has 1 aliphatic carbocycles. The average molecular weight is 178 g/mol. The lowest BCUT2D eigenvalue weighted by atomic mass is 9.95. The van der Waals surface area contributed by atoms with E-state index < -0.39 is 0 Å². The molecule has 0 radical (unpaired) electrons. The van der Waals surface area contributed by atoms with Gasteiger partial charge in [0.25, 0.3) is 0 Å². The van der Waals surface area contributed by atoms with Gasteiger partial charge in [-0.3, -0.25) is 4.79 Å². The van der Waals surface area contributed by atoms with Gasteiger partial charge in [0.05, 0.1) is 0 Å². The van der Waals surface area contributed by atoms with E-state index in [9.17, 15) is 4.79 Å². The molecule has 0 amide bonds. The summed E-state index contributed by atoms with van der Waals surface area (Å²) in [6.07, 6.45) is 4.03. The molecule has 1 atom stereocenters. The maximum Gasteiger partial charge on any atom is 0.169 e. The van der Waals surface area contributed by atoms with Gasteiger partial charge in [-0.25, -0.2) is 0 Å². The zero-order valence-corrected chi connectivity index (χ0v) is 8.98. The summed E-state index contributed by atoms with van der Waals surface area (Å²) in [5.74, 6) is 0.509. The summed E-state index contributed by atoms with van der Waals surface area (Å²) >= 11 is 0. The van der Waals surface area contributed by atoms with Crippen LogP contribution < -0.4 is 0 Å². The third-order valence-electron chi connectivity index (χ3n) is 2.71. The minimum absolute atomic E-state index is 0.176. The van der Waals surface area contributed by atoms with Gasteiger partial charge in [-0.05, 0) is 26.7 Å². The Morgan fingerprint density at radius 3 is 2.31 bits per heavy atom. The summed E-state index contributed by atoms with van der Waals surface area (Å²) in [6.45, 7) is 8.22.